The van der Waals surface area contributed by atoms with Crippen molar-refractivity contribution in [3.05, 3.63) is 34.0 Å². The first-order valence-electron chi connectivity index (χ1n) is 5.52. The lowest BCUT2D eigenvalue weighted by molar-refractivity contribution is 0.102. The molecule has 2 heterocycles. The Morgan fingerprint density at radius 2 is 2.16 bits per heavy atom. The smallest absolute Gasteiger partial charge is 0.260 e. The van der Waals surface area contributed by atoms with Gasteiger partial charge in [0.05, 0.1) is 11.3 Å². The predicted molar refractivity (Wildman–Crippen MR) is 72.6 cm³/mol. The summed E-state index contributed by atoms with van der Waals surface area (Å²) in [6.45, 7) is 1.92. The number of amides is 1. The fourth-order valence-electron chi connectivity index (χ4n) is 1.60. The lowest BCUT2D eigenvalue weighted by atomic mass is 10.2. The van der Waals surface area contributed by atoms with Crippen LogP contribution in [0.2, 0.25) is 10.2 Å². The van der Waals surface area contributed by atoms with E-state index in [0.717, 1.165) is 0 Å². The largest absolute Gasteiger partial charge is 0.305 e. The molecule has 0 aromatic carbocycles. The fraction of sp³-hybridized carbons (Fsp3) is 0.273. The van der Waals surface area contributed by atoms with Gasteiger partial charge in [-0.05, 0) is 6.42 Å². The van der Waals surface area contributed by atoms with E-state index in [2.05, 4.69) is 20.4 Å². The number of carbonyl (C=O) groups excluding carboxylic acids is 1. The van der Waals surface area contributed by atoms with Gasteiger partial charge in [0.25, 0.3) is 5.91 Å². The number of nitrogens with zero attached hydrogens (tertiary/aromatic N) is 4. The summed E-state index contributed by atoms with van der Waals surface area (Å²) in [5.41, 5.74) is 1.19. The Hall–Kier alpha value is -1.66. The molecule has 2 aromatic heterocycles. The minimum absolute atomic E-state index is 0.0915. The van der Waals surface area contributed by atoms with Crippen LogP contribution in [0.25, 0.3) is 0 Å². The second kappa shape index (κ2) is 5.54. The van der Waals surface area contributed by atoms with Crippen molar-refractivity contribution in [2.45, 2.75) is 13.3 Å². The molecule has 2 aromatic rings. The Balaban J connectivity index is 2.28. The van der Waals surface area contributed by atoms with Crippen molar-refractivity contribution in [1.82, 2.24) is 19.7 Å². The molecule has 100 valence electrons. The van der Waals surface area contributed by atoms with Gasteiger partial charge >= 0.3 is 0 Å². The number of carbonyl (C=O) groups is 1. The van der Waals surface area contributed by atoms with E-state index >= 15 is 0 Å². The van der Waals surface area contributed by atoms with Crippen molar-refractivity contribution in [3.63, 3.8) is 0 Å². The van der Waals surface area contributed by atoms with Gasteiger partial charge in [0.2, 0.25) is 0 Å². The van der Waals surface area contributed by atoms with Gasteiger partial charge in [-0.1, -0.05) is 30.1 Å². The van der Waals surface area contributed by atoms with Gasteiger partial charge in [0, 0.05) is 13.2 Å². The third-order valence-corrected chi connectivity index (χ3v) is 3.20. The third-order valence-electron chi connectivity index (χ3n) is 2.46. The molecular formula is C11H11Cl2N5O. The number of halogens is 2. The van der Waals surface area contributed by atoms with Crippen LogP contribution in [0.3, 0.4) is 0 Å². The maximum Gasteiger partial charge on any atom is 0.260 e. The lowest BCUT2D eigenvalue weighted by Crippen LogP contribution is -2.14. The molecule has 1 amide bonds. The topological polar surface area (TPSA) is 72.7 Å². The Kier molecular flexibility index (Phi) is 4.01. The molecular weight excluding hydrogens is 289 g/mol. The van der Waals surface area contributed by atoms with Gasteiger partial charge in [-0.3, -0.25) is 9.48 Å². The van der Waals surface area contributed by atoms with Crippen LogP contribution in [0.15, 0.2) is 12.5 Å². The van der Waals surface area contributed by atoms with Crippen LogP contribution in [0.5, 0.6) is 0 Å². The highest BCUT2D eigenvalue weighted by atomic mass is 35.5. The zero-order chi connectivity index (χ0) is 14.0. The van der Waals surface area contributed by atoms with Crippen LogP contribution in [0, 0.1) is 0 Å². The third kappa shape index (κ3) is 2.85. The number of aryl methyl sites for hydroxylation is 2. The molecule has 1 N–H and O–H groups in total. The highest BCUT2D eigenvalue weighted by Gasteiger charge is 2.17. The second-order valence-corrected chi connectivity index (χ2v) is 4.53. The number of nitrogens with one attached hydrogen (secondary N) is 1. The summed E-state index contributed by atoms with van der Waals surface area (Å²) in [7, 11) is 1.75. The van der Waals surface area contributed by atoms with Crippen LogP contribution in [0.1, 0.15) is 23.0 Å². The summed E-state index contributed by atoms with van der Waals surface area (Å²) in [5, 5.41) is 6.99. The Bertz CT molecular complexity index is 626. The number of anilines is 1. The van der Waals surface area contributed by atoms with E-state index in [-0.39, 0.29) is 21.9 Å². The van der Waals surface area contributed by atoms with Gasteiger partial charge in [-0.15, -0.1) is 0 Å². The maximum atomic E-state index is 12.1. The summed E-state index contributed by atoms with van der Waals surface area (Å²) >= 11 is 11.7. The number of aromatic nitrogens is 4. The van der Waals surface area contributed by atoms with Crippen molar-refractivity contribution in [1.29, 1.82) is 0 Å². The normalized spacial score (nSPS) is 10.5. The number of hydrogen-bond acceptors (Lipinski definition) is 4. The monoisotopic (exact) mass is 299 g/mol. The summed E-state index contributed by atoms with van der Waals surface area (Å²) < 4.78 is 1.59. The minimum Gasteiger partial charge on any atom is -0.305 e. The van der Waals surface area contributed by atoms with Crippen molar-refractivity contribution >= 4 is 34.9 Å². The van der Waals surface area contributed by atoms with Gasteiger partial charge in [0.1, 0.15) is 11.3 Å². The van der Waals surface area contributed by atoms with Gasteiger partial charge in [-0.25, -0.2) is 9.97 Å². The quantitative estimate of drug-likeness (QED) is 0.883. The maximum absolute atomic E-state index is 12.1. The average Bonchev–Trinajstić information content (AvgIpc) is 2.76. The summed E-state index contributed by atoms with van der Waals surface area (Å²) in [6.07, 6.45) is 3.53. The Morgan fingerprint density at radius 3 is 2.84 bits per heavy atom. The predicted octanol–water partition coefficient (Wildman–Crippen LogP) is 2.33. The first-order valence-corrected chi connectivity index (χ1v) is 6.28. The first-order chi connectivity index (χ1) is 9.02. The molecule has 0 saturated heterocycles. The highest BCUT2D eigenvalue weighted by molar-refractivity contribution is 6.43. The Labute approximate surface area is 119 Å². The summed E-state index contributed by atoms with van der Waals surface area (Å²) in [5.74, 6) is -0.154. The molecule has 0 saturated carbocycles. The van der Waals surface area contributed by atoms with Crippen LogP contribution in [-0.2, 0) is 13.5 Å². The standard InChI is InChI=1S/C11H11Cl2N5O/c1-3-7-6(4-18(2)17-7)11(19)16-10-8(12)9(13)14-5-15-10/h4-5H,3H2,1-2H3,(H,14,15,16,19). The van der Waals surface area contributed by atoms with Crippen molar-refractivity contribution < 1.29 is 4.79 Å². The van der Waals surface area contributed by atoms with Gasteiger partial charge in [0.15, 0.2) is 11.0 Å². The molecule has 0 radical (unpaired) electrons. The SMILES string of the molecule is CCc1nn(C)cc1C(=O)Nc1ncnc(Cl)c1Cl. The lowest BCUT2D eigenvalue weighted by Gasteiger charge is -2.05. The van der Waals surface area contributed by atoms with Gasteiger partial charge in [-0.2, -0.15) is 5.10 Å². The second-order valence-electron chi connectivity index (χ2n) is 3.80. The summed E-state index contributed by atoms with van der Waals surface area (Å²) in [4.78, 5) is 19.7. The van der Waals surface area contributed by atoms with Crippen LogP contribution in [0.4, 0.5) is 5.82 Å². The zero-order valence-electron chi connectivity index (χ0n) is 10.3. The van der Waals surface area contributed by atoms with E-state index < -0.39 is 0 Å². The molecule has 0 atom stereocenters. The molecule has 0 bridgehead atoms. The molecule has 0 aliphatic carbocycles. The zero-order valence-corrected chi connectivity index (χ0v) is 11.8. The molecule has 0 unspecified atom stereocenters. The molecule has 2 rings (SSSR count). The van der Waals surface area contributed by atoms with Crippen LogP contribution < -0.4 is 5.32 Å². The molecule has 0 aliphatic heterocycles. The highest BCUT2D eigenvalue weighted by Crippen LogP contribution is 2.25. The molecule has 0 fully saturated rings. The van der Waals surface area contributed by atoms with E-state index in [1.54, 1.807) is 17.9 Å². The van der Waals surface area contributed by atoms with E-state index in [1.165, 1.54) is 6.33 Å². The van der Waals surface area contributed by atoms with E-state index in [1.807, 2.05) is 6.92 Å². The molecule has 8 heteroatoms. The van der Waals surface area contributed by atoms with Gasteiger partial charge < -0.3 is 5.32 Å². The first kappa shape index (κ1) is 13.8. The molecule has 0 aliphatic rings. The van der Waals surface area contributed by atoms with Crippen LogP contribution in [-0.4, -0.2) is 25.7 Å². The van der Waals surface area contributed by atoms with Crippen molar-refractivity contribution in [2.24, 2.45) is 7.05 Å². The number of rotatable bonds is 3. The molecule has 6 nitrogen and oxygen atoms in total. The van der Waals surface area contributed by atoms with E-state index in [9.17, 15) is 4.79 Å². The van der Waals surface area contributed by atoms with Crippen molar-refractivity contribution in [2.75, 3.05) is 5.32 Å². The van der Waals surface area contributed by atoms with E-state index in [4.69, 9.17) is 23.2 Å². The Morgan fingerprint density at radius 1 is 1.42 bits per heavy atom. The fourth-order valence-corrected chi connectivity index (χ4v) is 1.87. The minimum atomic E-state index is -0.332. The summed E-state index contributed by atoms with van der Waals surface area (Å²) in [6, 6.07) is 0. The molecule has 0 spiro atoms. The van der Waals surface area contributed by atoms with Crippen molar-refractivity contribution in [3.8, 4) is 0 Å². The average molecular weight is 300 g/mol. The number of hydrogen-bond donors (Lipinski definition) is 1. The van der Waals surface area contributed by atoms with Crippen LogP contribution >= 0.6 is 23.2 Å². The molecule has 19 heavy (non-hydrogen) atoms. The van der Waals surface area contributed by atoms with E-state index in [0.29, 0.717) is 17.7 Å².